The Morgan fingerprint density at radius 2 is 2.15 bits per heavy atom. The summed E-state index contributed by atoms with van der Waals surface area (Å²) in [5, 5.41) is 0.980. The summed E-state index contributed by atoms with van der Waals surface area (Å²) in [4.78, 5) is 17.4. The van der Waals surface area contributed by atoms with Crippen LogP contribution in [0.25, 0.3) is 10.9 Å². The Morgan fingerprint density at radius 3 is 2.90 bits per heavy atom. The smallest absolute Gasteiger partial charge is 0.256 e. The molecule has 1 atom stereocenters. The van der Waals surface area contributed by atoms with Gasteiger partial charge in [-0.1, -0.05) is 12.1 Å². The fourth-order valence-electron chi connectivity index (χ4n) is 2.72. The van der Waals surface area contributed by atoms with Crippen LogP contribution in [0.4, 0.5) is 0 Å². The van der Waals surface area contributed by atoms with Gasteiger partial charge in [0.15, 0.2) is 9.84 Å². The van der Waals surface area contributed by atoms with E-state index in [2.05, 4.69) is 4.98 Å². The highest BCUT2D eigenvalue weighted by Gasteiger charge is 2.32. The number of benzene rings is 1. The van der Waals surface area contributed by atoms with Crippen LogP contribution < -0.4 is 0 Å². The van der Waals surface area contributed by atoms with Gasteiger partial charge in [-0.25, -0.2) is 8.42 Å². The molecular formula is C14H16N2O3S. The second kappa shape index (κ2) is 4.63. The van der Waals surface area contributed by atoms with E-state index in [-0.39, 0.29) is 30.0 Å². The molecule has 1 unspecified atom stereocenters. The van der Waals surface area contributed by atoms with Gasteiger partial charge in [0, 0.05) is 24.2 Å². The maximum Gasteiger partial charge on any atom is 0.256 e. The zero-order valence-electron chi connectivity index (χ0n) is 11.2. The molecule has 1 aliphatic rings. The van der Waals surface area contributed by atoms with Crippen LogP contribution in [0.15, 0.2) is 30.5 Å². The summed E-state index contributed by atoms with van der Waals surface area (Å²) in [5.41, 5.74) is 1.40. The Bertz CT molecular complexity index is 764. The second-order valence-electron chi connectivity index (χ2n) is 5.21. The molecule has 20 heavy (non-hydrogen) atoms. The van der Waals surface area contributed by atoms with Crippen molar-refractivity contribution < 1.29 is 13.2 Å². The molecule has 6 heteroatoms. The SMILES string of the molecule is CC1CS(=O)(=O)CCN1C(=O)c1cccc2cc[nH]c12. The van der Waals surface area contributed by atoms with E-state index in [0.29, 0.717) is 5.56 Å². The average Bonchev–Trinajstić information content (AvgIpc) is 2.85. The molecule has 1 saturated heterocycles. The molecule has 5 nitrogen and oxygen atoms in total. The fraction of sp³-hybridized carbons (Fsp3) is 0.357. The third-order valence-electron chi connectivity index (χ3n) is 3.75. The lowest BCUT2D eigenvalue weighted by atomic mass is 10.1. The molecule has 2 aromatic rings. The quantitative estimate of drug-likeness (QED) is 0.864. The van der Waals surface area contributed by atoms with Crippen LogP contribution >= 0.6 is 0 Å². The first kappa shape index (κ1) is 13.2. The molecule has 3 rings (SSSR count). The van der Waals surface area contributed by atoms with Crippen LogP contribution in [-0.2, 0) is 9.84 Å². The Labute approximate surface area is 117 Å². The molecular weight excluding hydrogens is 276 g/mol. The summed E-state index contributed by atoms with van der Waals surface area (Å²) in [6.07, 6.45) is 1.80. The van der Waals surface area contributed by atoms with E-state index in [0.717, 1.165) is 10.9 Å². The average molecular weight is 292 g/mol. The van der Waals surface area contributed by atoms with Crippen molar-refractivity contribution in [1.82, 2.24) is 9.88 Å². The molecule has 0 aliphatic carbocycles. The number of rotatable bonds is 1. The van der Waals surface area contributed by atoms with E-state index in [4.69, 9.17) is 0 Å². The van der Waals surface area contributed by atoms with E-state index < -0.39 is 9.84 Å². The number of fused-ring (bicyclic) bond motifs is 1. The number of nitrogens with zero attached hydrogens (tertiary/aromatic N) is 1. The number of nitrogens with one attached hydrogen (secondary N) is 1. The van der Waals surface area contributed by atoms with Crippen molar-refractivity contribution in [3.05, 3.63) is 36.0 Å². The van der Waals surface area contributed by atoms with Crippen molar-refractivity contribution in [2.24, 2.45) is 0 Å². The molecule has 0 saturated carbocycles. The largest absolute Gasteiger partial charge is 0.361 e. The normalized spacial score (nSPS) is 22.1. The van der Waals surface area contributed by atoms with Crippen molar-refractivity contribution in [3.8, 4) is 0 Å². The van der Waals surface area contributed by atoms with Gasteiger partial charge in [0.25, 0.3) is 5.91 Å². The molecule has 1 N–H and O–H groups in total. The lowest BCUT2D eigenvalue weighted by molar-refractivity contribution is 0.0714. The van der Waals surface area contributed by atoms with E-state index in [9.17, 15) is 13.2 Å². The lowest BCUT2D eigenvalue weighted by Crippen LogP contribution is -2.49. The third-order valence-corrected chi connectivity index (χ3v) is 5.54. The van der Waals surface area contributed by atoms with Gasteiger partial charge in [0.2, 0.25) is 0 Å². The minimum absolute atomic E-state index is 0.0411. The van der Waals surface area contributed by atoms with Crippen molar-refractivity contribution in [2.75, 3.05) is 18.1 Å². The van der Waals surface area contributed by atoms with Crippen molar-refractivity contribution in [1.29, 1.82) is 0 Å². The summed E-state index contributed by atoms with van der Waals surface area (Å²) in [6, 6.07) is 7.18. The highest BCUT2D eigenvalue weighted by atomic mass is 32.2. The lowest BCUT2D eigenvalue weighted by Gasteiger charge is -2.33. The number of hydrogen-bond acceptors (Lipinski definition) is 3. The van der Waals surface area contributed by atoms with Crippen molar-refractivity contribution in [2.45, 2.75) is 13.0 Å². The van der Waals surface area contributed by atoms with Gasteiger partial charge >= 0.3 is 0 Å². The molecule has 1 fully saturated rings. The molecule has 1 aliphatic heterocycles. The first-order valence-electron chi connectivity index (χ1n) is 6.55. The summed E-state index contributed by atoms with van der Waals surface area (Å²) in [6.45, 7) is 2.04. The number of sulfone groups is 1. The maximum atomic E-state index is 12.6. The topological polar surface area (TPSA) is 70.2 Å². The minimum Gasteiger partial charge on any atom is -0.361 e. The summed E-state index contributed by atoms with van der Waals surface area (Å²) in [5.74, 6) is -0.0242. The number of hydrogen-bond donors (Lipinski definition) is 1. The van der Waals surface area contributed by atoms with Crippen molar-refractivity contribution >= 4 is 26.6 Å². The minimum atomic E-state index is -3.01. The van der Waals surface area contributed by atoms with Crippen LogP contribution in [0.5, 0.6) is 0 Å². The number of H-pyrrole nitrogens is 1. The number of carbonyl (C=O) groups is 1. The van der Waals surface area contributed by atoms with Crippen molar-refractivity contribution in [3.63, 3.8) is 0 Å². The number of carbonyl (C=O) groups excluding carboxylic acids is 1. The molecule has 1 aromatic heterocycles. The zero-order chi connectivity index (χ0) is 14.3. The number of aromatic amines is 1. The second-order valence-corrected chi connectivity index (χ2v) is 7.44. The van der Waals surface area contributed by atoms with E-state index >= 15 is 0 Å². The molecule has 0 spiro atoms. The molecule has 0 radical (unpaired) electrons. The van der Waals surface area contributed by atoms with E-state index in [1.165, 1.54) is 0 Å². The molecule has 2 heterocycles. The van der Waals surface area contributed by atoms with Crippen LogP contribution in [0.1, 0.15) is 17.3 Å². The molecule has 1 aromatic carbocycles. The molecule has 1 amide bonds. The predicted octanol–water partition coefficient (Wildman–Crippen LogP) is 1.43. The van der Waals surface area contributed by atoms with Gasteiger partial charge in [-0.3, -0.25) is 4.79 Å². The first-order chi connectivity index (χ1) is 9.48. The van der Waals surface area contributed by atoms with Crippen LogP contribution in [0.3, 0.4) is 0 Å². The summed E-state index contributed by atoms with van der Waals surface area (Å²) < 4.78 is 23.2. The molecule has 106 valence electrons. The monoisotopic (exact) mass is 292 g/mol. The third kappa shape index (κ3) is 2.20. The predicted molar refractivity (Wildman–Crippen MR) is 77.5 cm³/mol. The number of amides is 1. The Balaban J connectivity index is 1.95. The van der Waals surface area contributed by atoms with Gasteiger partial charge in [-0.2, -0.15) is 0 Å². The standard InChI is InChI=1S/C14H16N2O3S/c1-10-9-20(18,19)8-7-16(10)14(17)12-4-2-3-11-5-6-15-13(11)12/h2-6,10,15H,7-9H2,1H3. The maximum absolute atomic E-state index is 12.6. The van der Waals surface area contributed by atoms with Gasteiger partial charge in [0.1, 0.15) is 0 Å². The van der Waals surface area contributed by atoms with Crippen LogP contribution in [-0.4, -0.2) is 48.3 Å². The molecule has 0 bridgehead atoms. The van der Waals surface area contributed by atoms with Gasteiger partial charge < -0.3 is 9.88 Å². The van der Waals surface area contributed by atoms with Gasteiger partial charge in [-0.05, 0) is 19.1 Å². The van der Waals surface area contributed by atoms with E-state index in [1.807, 2.05) is 18.2 Å². The Kier molecular flexibility index (Phi) is 3.05. The van der Waals surface area contributed by atoms with Gasteiger partial charge in [-0.15, -0.1) is 0 Å². The first-order valence-corrected chi connectivity index (χ1v) is 8.37. The Hall–Kier alpha value is -1.82. The Morgan fingerprint density at radius 1 is 1.35 bits per heavy atom. The zero-order valence-corrected chi connectivity index (χ0v) is 12.0. The highest BCUT2D eigenvalue weighted by Crippen LogP contribution is 2.21. The van der Waals surface area contributed by atoms with E-state index in [1.54, 1.807) is 24.1 Å². The number of para-hydroxylation sites is 1. The van der Waals surface area contributed by atoms with Crippen LogP contribution in [0, 0.1) is 0 Å². The fourth-order valence-corrected chi connectivity index (χ4v) is 4.27. The summed E-state index contributed by atoms with van der Waals surface area (Å²) >= 11 is 0. The summed E-state index contributed by atoms with van der Waals surface area (Å²) in [7, 11) is -3.01. The highest BCUT2D eigenvalue weighted by molar-refractivity contribution is 7.91. The van der Waals surface area contributed by atoms with Gasteiger partial charge in [0.05, 0.1) is 22.6 Å². The number of aromatic nitrogens is 1. The van der Waals surface area contributed by atoms with Crippen LogP contribution in [0.2, 0.25) is 0 Å².